The third-order valence-corrected chi connectivity index (χ3v) is 2.42. The van der Waals surface area contributed by atoms with Crippen LogP contribution in [-0.2, 0) is 0 Å². The minimum atomic E-state index is -0.597. The zero-order chi connectivity index (χ0) is 13.8. The maximum atomic E-state index is 11.9. The van der Waals surface area contributed by atoms with Crippen molar-refractivity contribution in [3.8, 4) is 0 Å². The maximum absolute atomic E-state index is 11.9. The van der Waals surface area contributed by atoms with Gasteiger partial charge in [-0.25, -0.2) is 0 Å². The second-order valence-corrected chi connectivity index (χ2v) is 3.72. The summed E-state index contributed by atoms with van der Waals surface area (Å²) in [6.45, 7) is 0. The molecule has 0 fully saturated rings. The van der Waals surface area contributed by atoms with E-state index in [1.165, 1.54) is 18.2 Å². The van der Waals surface area contributed by atoms with Crippen LogP contribution in [0.1, 0.15) is 10.4 Å². The smallest absolute Gasteiger partial charge is 0.292 e. The average Bonchev–Trinajstić information content (AvgIpc) is 2.39. The fourth-order valence-corrected chi connectivity index (χ4v) is 1.50. The number of amides is 1. The van der Waals surface area contributed by atoms with Crippen LogP contribution in [0.15, 0.2) is 42.7 Å². The monoisotopic (exact) mass is 258 g/mol. The summed E-state index contributed by atoms with van der Waals surface area (Å²) in [4.78, 5) is 25.7. The molecule has 0 aliphatic rings. The van der Waals surface area contributed by atoms with E-state index in [0.29, 0.717) is 5.69 Å². The summed E-state index contributed by atoms with van der Waals surface area (Å²) in [5, 5.41) is 13.2. The average molecular weight is 258 g/mol. The Morgan fingerprint density at radius 1 is 1.26 bits per heavy atom. The van der Waals surface area contributed by atoms with Crippen LogP contribution in [0.5, 0.6) is 0 Å². The molecular formula is C12H10N4O3. The Morgan fingerprint density at radius 2 is 1.95 bits per heavy atom. The summed E-state index contributed by atoms with van der Waals surface area (Å²) in [6, 6.07) is 7.09. The van der Waals surface area contributed by atoms with Crippen molar-refractivity contribution in [1.29, 1.82) is 0 Å². The molecule has 0 radical (unpaired) electrons. The number of aromatic nitrogens is 1. The molecule has 7 nitrogen and oxygen atoms in total. The van der Waals surface area contributed by atoms with Crippen molar-refractivity contribution in [3.05, 3.63) is 58.4 Å². The first-order valence-corrected chi connectivity index (χ1v) is 5.33. The van der Waals surface area contributed by atoms with Gasteiger partial charge in [-0.15, -0.1) is 0 Å². The first-order chi connectivity index (χ1) is 9.08. The lowest BCUT2D eigenvalue weighted by atomic mass is 10.1. The van der Waals surface area contributed by atoms with Crippen molar-refractivity contribution >= 4 is 23.0 Å². The number of pyridine rings is 1. The van der Waals surface area contributed by atoms with Gasteiger partial charge >= 0.3 is 0 Å². The summed E-state index contributed by atoms with van der Waals surface area (Å²) < 4.78 is 0. The number of carbonyl (C=O) groups excluding carboxylic acids is 1. The number of carbonyl (C=O) groups is 1. The highest BCUT2D eigenvalue weighted by atomic mass is 16.6. The molecule has 0 saturated heterocycles. The lowest BCUT2D eigenvalue weighted by Gasteiger charge is -2.05. The van der Waals surface area contributed by atoms with Gasteiger partial charge in [-0.1, -0.05) is 0 Å². The van der Waals surface area contributed by atoms with Gasteiger partial charge in [0.25, 0.3) is 11.6 Å². The van der Waals surface area contributed by atoms with Crippen molar-refractivity contribution < 1.29 is 9.72 Å². The van der Waals surface area contributed by atoms with Gasteiger partial charge in [0.2, 0.25) is 0 Å². The number of nitrogens with zero attached hydrogens (tertiary/aromatic N) is 2. The molecule has 7 heteroatoms. The van der Waals surface area contributed by atoms with Gasteiger partial charge in [0.15, 0.2) is 0 Å². The van der Waals surface area contributed by atoms with E-state index in [2.05, 4.69) is 10.3 Å². The van der Waals surface area contributed by atoms with Crippen LogP contribution in [0.25, 0.3) is 0 Å². The van der Waals surface area contributed by atoms with Crippen LogP contribution < -0.4 is 11.1 Å². The van der Waals surface area contributed by atoms with Crippen molar-refractivity contribution in [1.82, 2.24) is 4.98 Å². The van der Waals surface area contributed by atoms with Gasteiger partial charge in [-0.05, 0) is 24.3 Å². The summed E-state index contributed by atoms with van der Waals surface area (Å²) in [6.07, 6.45) is 3.08. The molecule has 0 spiro atoms. The minimum Gasteiger partial charge on any atom is -0.393 e. The molecule has 1 aromatic carbocycles. The Hall–Kier alpha value is -2.96. The van der Waals surface area contributed by atoms with Crippen molar-refractivity contribution in [2.45, 2.75) is 0 Å². The van der Waals surface area contributed by atoms with E-state index in [4.69, 9.17) is 5.73 Å². The number of hydrogen-bond acceptors (Lipinski definition) is 5. The van der Waals surface area contributed by atoms with Crippen molar-refractivity contribution in [2.24, 2.45) is 0 Å². The molecule has 0 unspecified atom stereocenters. The molecule has 96 valence electrons. The van der Waals surface area contributed by atoms with E-state index in [-0.39, 0.29) is 16.9 Å². The molecule has 2 rings (SSSR count). The summed E-state index contributed by atoms with van der Waals surface area (Å²) in [5.74, 6) is -0.396. The third kappa shape index (κ3) is 2.83. The van der Waals surface area contributed by atoms with Gasteiger partial charge in [0.1, 0.15) is 5.69 Å². The number of nitrogens with two attached hydrogens (primary N) is 1. The van der Waals surface area contributed by atoms with E-state index in [0.717, 1.165) is 0 Å². The first-order valence-electron chi connectivity index (χ1n) is 5.33. The van der Waals surface area contributed by atoms with Gasteiger partial charge in [-0.3, -0.25) is 19.9 Å². The van der Waals surface area contributed by atoms with Crippen molar-refractivity contribution in [2.75, 3.05) is 11.1 Å². The quantitative estimate of drug-likeness (QED) is 0.495. The maximum Gasteiger partial charge on any atom is 0.292 e. The Bertz CT molecular complexity index is 628. The molecule has 3 N–H and O–H groups in total. The Labute approximate surface area is 108 Å². The van der Waals surface area contributed by atoms with Crippen LogP contribution in [0, 0.1) is 10.1 Å². The second kappa shape index (κ2) is 5.13. The fraction of sp³-hybridized carbons (Fsp3) is 0. The van der Waals surface area contributed by atoms with E-state index >= 15 is 0 Å². The molecule has 0 bridgehead atoms. The van der Waals surface area contributed by atoms with E-state index in [1.54, 1.807) is 24.5 Å². The fourth-order valence-electron chi connectivity index (χ4n) is 1.50. The zero-order valence-electron chi connectivity index (χ0n) is 9.74. The summed E-state index contributed by atoms with van der Waals surface area (Å²) in [5.41, 5.74) is 6.08. The van der Waals surface area contributed by atoms with E-state index in [9.17, 15) is 14.9 Å². The van der Waals surface area contributed by atoms with E-state index < -0.39 is 10.8 Å². The van der Waals surface area contributed by atoms with Crippen LogP contribution in [0.2, 0.25) is 0 Å². The number of hydrogen-bond donors (Lipinski definition) is 2. The Kier molecular flexibility index (Phi) is 3.37. The van der Waals surface area contributed by atoms with Gasteiger partial charge < -0.3 is 11.1 Å². The minimum absolute atomic E-state index is 0.0487. The highest BCUT2D eigenvalue weighted by Crippen LogP contribution is 2.22. The SMILES string of the molecule is Nc1cc(C(=O)Nc2ccncc2)ccc1[N+](=O)[O-]. The van der Waals surface area contributed by atoms with Crippen LogP contribution in [-0.4, -0.2) is 15.8 Å². The lowest BCUT2D eigenvalue weighted by molar-refractivity contribution is -0.383. The molecule has 0 aliphatic carbocycles. The number of nitro benzene ring substituents is 1. The first kappa shape index (κ1) is 12.5. The Morgan fingerprint density at radius 3 is 2.53 bits per heavy atom. The standard InChI is InChI=1S/C12H10N4O3/c13-10-7-8(1-2-11(10)16(18)19)12(17)15-9-3-5-14-6-4-9/h1-7H,13H2,(H,14,15,17). The normalized spacial score (nSPS) is 9.89. The number of nitro groups is 1. The molecule has 2 aromatic rings. The van der Waals surface area contributed by atoms with Crippen LogP contribution in [0.4, 0.5) is 17.1 Å². The Balaban J connectivity index is 2.21. The molecular weight excluding hydrogens is 248 g/mol. The molecule has 0 atom stereocenters. The molecule has 1 heterocycles. The lowest BCUT2D eigenvalue weighted by Crippen LogP contribution is -2.12. The largest absolute Gasteiger partial charge is 0.393 e. The molecule has 0 aliphatic heterocycles. The molecule has 19 heavy (non-hydrogen) atoms. The third-order valence-electron chi connectivity index (χ3n) is 2.42. The molecule has 1 aromatic heterocycles. The topological polar surface area (TPSA) is 111 Å². The summed E-state index contributed by atoms with van der Waals surface area (Å²) >= 11 is 0. The highest BCUT2D eigenvalue weighted by Gasteiger charge is 2.14. The second-order valence-electron chi connectivity index (χ2n) is 3.72. The summed E-state index contributed by atoms with van der Waals surface area (Å²) in [7, 11) is 0. The number of anilines is 2. The highest BCUT2D eigenvalue weighted by molar-refractivity contribution is 6.05. The predicted molar refractivity (Wildman–Crippen MR) is 69.7 cm³/mol. The number of nitrogen functional groups attached to an aromatic ring is 1. The van der Waals surface area contributed by atoms with Gasteiger partial charge in [0.05, 0.1) is 4.92 Å². The van der Waals surface area contributed by atoms with Crippen molar-refractivity contribution in [3.63, 3.8) is 0 Å². The van der Waals surface area contributed by atoms with Crippen LogP contribution >= 0.6 is 0 Å². The number of benzene rings is 1. The molecule has 0 saturated carbocycles. The number of rotatable bonds is 3. The van der Waals surface area contributed by atoms with Gasteiger partial charge in [-0.2, -0.15) is 0 Å². The van der Waals surface area contributed by atoms with Crippen LogP contribution in [0.3, 0.4) is 0 Å². The van der Waals surface area contributed by atoms with Gasteiger partial charge in [0, 0.05) is 29.7 Å². The zero-order valence-corrected chi connectivity index (χ0v) is 9.74. The van der Waals surface area contributed by atoms with E-state index in [1.807, 2.05) is 0 Å². The number of nitrogens with one attached hydrogen (secondary N) is 1. The predicted octanol–water partition coefficient (Wildman–Crippen LogP) is 1.82. The molecule has 1 amide bonds.